The maximum Gasteiger partial charge on any atom is 0.418 e. The summed E-state index contributed by atoms with van der Waals surface area (Å²) in [5.41, 5.74) is -0.624. The van der Waals surface area contributed by atoms with Crippen molar-refractivity contribution in [2.24, 2.45) is 0 Å². The zero-order chi connectivity index (χ0) is 20.3. The molecule has 28 heavy (non-hydrogen) atoms. The number of nitrogens with one attached hydrogen (secondary N) is 1. The van der Waals surface area contributed by atoms with E-state index in [0.29, 0.717) is 27.1 Å². The summed E-state index contributed by atoms with van der Waals surface area (Å²) < 4.78 is 44.5. The number of anilines is 1. The lowest BCUT2D eigenvalue weighted by Crippen LogP contribution is -2.14. The molecule has 1 aromatic heterocycles. The number of carbonyl (C=O) groups is 1. The van der Waals surface area contributed by atoms with E-state index in [1.54, 1.807) is 30.3 Å². The number of amides is 1. The maximum absolute atomic E-state index is 13.0. The summed E-state index contributed by atoms with van der Waals surface area (Å²) in [7, 11) is 0. The number of benzene rings is 2. The topological polar surface area (TPSA) is 42.2 Å². The molecule has 3 rings (SSSR count). The number of hydrogen-bond acceptors (Lipinski definition) is 2. The Morgan fingerprint density at radius 3 is 2.50 bits per heavy atom. The van der Waals surface area contributed by atoms with Crippen LogP contribution in [-0.4, -0.2) is 5.91 Å². The quantitative estimate of drug-likeness (QED) is 0.460. The molecule has 0 saturated carbocycles. The van der Waals surface area contributed by atoms with E-state index in [2.05, 4.69) is 5.32 Å². The Hall–Kier alpha value is -2.70. The fraction of sp³-hybridized carbons (Fsp3) is 0.0500. The number of para-hydroxylation sites is 1. The van der Waals surface area contributed by atoms with Crippen LogP contribution in [0.2, 0.25) is 10.0 Å². The van der Waals surface area contributed by atoms with Crippen LogP contribution in [0.15, 0.2) is 65.1 Å². The highest BCUT2D eigenvalue weighted by Gasteiger charge is 2.33. The van der Waals surface area contributed by atoms with E-state index in [9.17, 15) is 18.0 Å². The van der Waals surface area contributed by atoms with Gasteiger partial charge in [0.2, 0.25) is 5.91 Å². The Balaban J connectivity index is 1.73. The first-order valence-corrected chi connectivity index (χ1v) is 8.70. The molecule has 0 radical (unpaired) electrons. The lowest BCUT2D eigenvalue weighted by atomic mass is 10.1. The van der Waals surface area contributed by atoms with Crippen molar-refractivity contribution >= 4 is 40.9 Å². The first-order chi connectivity index (χ1) is 13.2. The molecule has 0 aliphatic heterocycles. The van der Waals surface area contributed by atoms with Crippen LogP contribution in [-0.2, 0) is 11.0 Å². The van der Waals surface area contributed by atoms with Crippen molar-refractivity contribution in [2.75, 3.05) is 5.32 Å². The highest BCUT2D eigenvalue weighted by Crippen LogP contribution is 2.35. The van der Waals surface area contributed by atoms with Crippen molar-refractivity contribution in [3.63, 3.8) is 0 Å². The van der Waals surface area contributed by atoms with Crippen molar-refractivity contribution in [3.8, 4) is 11.3 Å². The highest BCUT2D eigenvalue weighted by atomic mass is 35.5. The Kier molecular flexibility index (Phi) is 5.82. The van der Waals surface area contributed by atoms with Crippen molar-refractivity contribution in [3.05, 3.63) is 82.0 Å². The van der Waals surface area contributed by atoms with E-state index in [-0.39, 0.29) is 5.69 Å². The molecule has 0 atom stereocenters. The van der Waals surface area contributed by atoms with E-state index in [1.807, 2.05) is 0 Å². The van der Waals surface area contributed by atoms with Crippen LogP contribution in [0.3, 0.4) is 0 Å². The number of hydrogen-bond donors (Lipinski definition) is 1. The second kappa shape index (κ2) is 8.12. The van der Waals surface area contributed by atoms with E-state index < -0.39 is 17.6 Å². The SMILES string of the molecule is O=C(/C=C/c1ccc(-c2ccc(Cl)cc2Cl)o1)Nc1ccccc1C(F)(F)F. The van der Waals surface area contributed by atoms with Gasteiger partial charge in [0.25, 0.3) is 0 Å². The second-order valence-corrected chi connectivity index (χ2v) is 6.54. The largest absolute Gasteiger partial charge is 0.457 e. The predicted octanol–water partition coefficient (Wildman–Crippen LogP) is 6.92. The Bertz CT molecular complexity index is 1040. The average Bonchev–Trinajstić information content (AvgIpc) is 3.08. The van der Waals surface area contributed by atoms with Crippen molar-refractivity contribution in [1.82, 2.24) is 0 Å². The third kappa shape index (κ3) is 4.77. The molecule has 3 nitrogen and oxygen atoms in total. The monoisotopic (exact) mass is 425 g/mol. The molecule has 144 valence electrons. The fourth-order valence-electron chi connectivity index (χ4n) is 2.45. The number of furan rings is 1. The van der Waals surface area contributed by atoms with Gasteiger partial charge in [-0.05, 0) is 48.5 Å². The number of halogens is 5. The summed E-state index contributed by atoms with van der Waals surface area (Å²) in [4.78, 5) is 12.0. The summed E-state index contributed by atoms with van der Waals surface area (Å²) in [6.45, 7) is 0. The van der Waals surface area contributed by atoms with Gasteiger partial charge in [0.05, 0.1) is 16.3 Å². The average molecular weight is 426 g/mol. The zero-order valence-corrected chi connectivity index (χ0v) is 15.6. The summed E-state index contributed by atoms with van der Waals surface area (Å²) in [5.74, 6) is 0.0728. The highest BCUT2D eigenvalue weighted by molar-refractivity contribution is 6.36. The van der Waals surface area contributed by atoms with Gasteiger partial charge in [-0.25, -0.2) is 0 Å². The third-order valence-corrected chi connectivity index (χ3v) is 4.26. The summed E-state index contributed by atoms with van der Waals surface area (Å²) in [6, 6.07) is 12.9. The first kappa shape index (κ1) is 20.0. The van der Waals surface area contributed by atoms with Crippen LogP contribution in [0.5, 0.6) is 0 Å². The van der Waals surface area contributed by atoms with Crippen LogP contribution in [0.4, 0.5) is 18.9 Å². The minimum atomic E-state index is -4.57. The van der Waals surface area contributed by atoms with Gasteiger partial charge in [0.15, 0.2) is 0 Å². The van der Waals surface area contributed by atoms with Gasteiger partial charge in [0.1, 0.15) is 11.5 Å². The number of rotatable bonds is 4. The van der Waals surface area contributed by atoms with Crippen molar-refractivity contribution < 1.29 is 22.4 Å². The minimum absolute atomic E-state index is 0.322. The van der Waals surface area contributed by atoms with Gasteiger partial charge in [-0.1, -0.05) is 35.3 Å². The van der Waals surface area contributed by atoms with Gasteiger partial charge in [0, 0.05) is 16.7 Å². The van der Waals surface area contributed by atoms with Gasteiger partial charge in [-0.3, -0.25) is 4.79 Å². The molecule has 8 heteroatoms. The van der Waals surface area contributed by atoms with Gasteiger partial charge in [-0.2, -0.15) is 13.2 Å². The third-order valence-electron chi connectivity index (χ3n) is 3.71. The molecule has 0 unspecified atom stereocenters. The Labute approximate surface area is 168 Å². The molecule has 0 spiro atoms. The lowest BCUT2D eigenvalue weighted by Gasteiger charge is -2.12. The van der Waals surface area contributed by atoms with Gasteiger partial charge in [-0.15, -0.1) is 0 Å². The van der Waals surface area contributed by atoms with Crippen LogP contribution < -0.4 is 5.32 Å². The van der Waals surface area contributed by atoms with E-state index in [1.165, 1.54) is 24.3 Å². The van der Waals surface area contributed by atoms with Crippen LogP contribution in [0.25, 0.3) is 17.4 Å². The van der Waals surface area contributed by atoms with Gasteiger partial charge < -0.3 is 9.73 Å². The summed E-state index contributed by atoms with van der Waals surface area (Å²) in [5, 5.41) is 3.10. The van der Waals surface area contributed by atoms with E-state index in [4.69, 9.17) is 27.6 Å². The Morgan fingerprint density at radius 2 is 1.79 bits per heavy atom. The van der Waals surface area contributed by atoms with Gasteiger partial charge >= 0.3 is 6.18 Å². The smallest absolute Gasteiger partial charge is 0.418 e. The molecule has 2 aromatic carbocycles. The molecule has 0 fully saturated rings. The first-order valence-electron chi connectivity index (χ1n) is 7.94. The van der Waals surface area contributed by atoms with Crippen molar-refractivity contribution in [1.29, 1.82) is 0 Å². The van der Waals surface area contributed by atoms with E-state index >= 15 is 0 Å². The molecule has 1 amide bonds. The Morgan fingerprint density at radius 1 is 1.04 bits per heavy atom. The lowest BCUT2D eigenvalue weighted by molar-refractivity contribution is -0.136. The maximum atomic E-state index is 13.0. The van der Waals surface area contributed by atoms with Crippen LogP contribution in [0, 0.1) is 0 Å². The molecule has 0 bridgehead atoms. The number of carbonyl (C=O) groups excluding carboxylic acids is 1. The molecule has 1 heterocycles. The second-order valence-electron chi connectivity index (χ2n) is 5.69. The van der Waals surface area contributed by atoms with Crippen LogP contribution in [0.1, 0.15) is 11.3 Å². The molecule has 0 aliphatic rings. The zero-order valence-electron chi connectivity index (χ0n) is 14.1. The molecular weight excluding hydrogens is 414 g/mol. The standard InChI is InChI=1S/C20H12Cl2F3NO2/c21-12-5-8-14(16(22)11-12)18-9-6-13(28-18)7-10-19(27)26-17-4-2-1-3-15(17)20(23,24)25/h1-11H,(H,26,27)/b10-7+. The molecule has 3 aromatic rings. The fourth-order valence-corrected chi connectivity index (χ4v) is 2.95. The molecule has 0 aliphatic carbocycles. The van der Waals surface area contributed by atoms with Crippen LogP contribution >= 0.6 is 23.2 Å². The normalized spacial score (nSPS) is 11.8. The van der Waals surface area contributed by atoms with Crippen molar-refractivity contribution in [2.45, 2.75) is 6.18 Å². The summed E-state index contributed by atoms with van der Waals surface area (Å²) >= 11 is 12.0. The van der Waals surface area contributed by atoms with E-state index in [0.717, 1.165) is 12.1 Å². The predicted molar refractivity (Wildman–Crippen MR) is 103 cm³/mol. The molecule has 0 saturated heterocycles. The summed E-state index contributed by atoms with van der Waals surface area (Å²) in [6.07, 6.45) is -2.14. The molecule has 1 N–H and O–H groups in total. The molecular formula is C20H12Cl2F3NO2. The minimum Gasteiger partial charge on any atom is -0.457 e. The number of alkyl halides is 3.